The van der Waals surface area contributed by atoms with Gasteiger partial charge in [-0.2, -0.15) is 0 Å². The van der Waals surface area contributed by atoms with Gasteiger partial charge in [0.15, 0.2) is 0 Å². The summed E-state index contributed by atoms with van der Waals surface area (Å²) in [5.41, 5.74) is -0.0565. The summed E-state index contributed by atoms with van der Waals surface area (Å²) in [6.45, 7) is 6.25. The second kappa shape index (κ2) is 7.09. The Bertz CT molecular complexity index is 506. The first kappa shape index (κ1) is 16.2. The molecule has 1 aromatic rings. The van der Waals surface area contributed by atoms with Gasteiger partial charge in [-0.25, -0.2) is 9.78 Å². The minimum atomic E-state index is -1.14. The van der Waals surface area contributed by atoms with E-state index in [9.17, 15) is 9.59 Å². The molecule has 0 aromatic carbocycles. The number of carbonyl (C=O) groups is 2. The van der Waals surface area contributed by atoms with Crippen molar-refractivity contribution < 1.29 is 14.7 Å². The van der Waals surface area contributed by atoms with Gasteiger partial charge in [0, 0.05) is 12.7 Å². The molecule has 110 valence electrons. The summed E-state index contributed by atoms with van der Waals surface area (Å²) in [4.78, 5) is 26.7. The van der Waals surface area contributed by atoms with E-state index >= 15 is 0 Å². The Kier molecular flexibility index (Phi) is 5.76. The highest BCUT2D eigenvalue weighted by Crippen LogP contribution is 2.18. The molecule has 1 atom stereocenters. The molecular formula is C13H18ClN3O3. The number of nitrogens with zero attached hydrogens (tertiary/aromatic N) is 1. The van der Waals surface area contributed by atoms with Crippen LogP contribution in [0, 0.1) is 5.92 Å². The van der Waals surface area contributed by atoms with Crippen molar-refractivity contribution in [2.24, 2.45) is 5.92 Å². The summed E-state index contributed by atoms with van der Waals surface area (Å²) in [6, 6.07) is 0.778. The van der Waals surface area contributed by atoms with Crippen LogP contribution in [0.15, 0.2) is 12.3 Å². The number of nitrogens with one attached hydrogen (secondary N) is 2. The van der Waals surface area contributed by atoms with E-state index in [0.717, 1.165) is 0 Å². The molecule has 0 spiro atoms. The van der Waals surface area contributed by atoms with Crippen molar-refractivity contribution in [3.05, 3.63) is 22.8 Å². The van der Waals surface area contributed by atoms with Crippen molar-refractivity contribution in [2.45, 2.75) is 26.8 Å². The minimum Gasteiger partial charge on any atom is -0.478 e. The topological polar surface area (TPSA) is 91.3 Å². The van der Waals surface area contributed by atoms with Crippen LogP contribution >= 0.6 is 11.6 Å². The zero-order valence-electron chi connectivity index (χ0n) is 11.6. The number of pyridine rings is 1. The summed E-state index contributed by atoms with van der Waals surface area (Å²) in [5, 5.41) is 14.6. The standard InChI is InChI=1S/C13H18ClN3O3/c1-7(2)5-16-12(18)8(3)17-11-4-9(13(19)20)10(14)6-15-11/h4,6-8H,5H2,1-3H3,(H,15,17)(H,16,18)(H,19,20). The first-order chi connectivity index (χ1) is 9.31. The predicted octanol–water partition coefficient (Wildman–Crippen LogP) is 2.01. The summed E-state index contributed by atoms with van der Waals surface area (Å²) in [6.07, 6.45) is 1.24. The molecule has 0 aliphatic rings. The first-order valence-corrected chi connectivity index (χ1v) is 6.62. The Balaban J connectivity index is 2.70. The van der Waals surface area contributed by atoms with Crippen LogP contribution in [0.2, 0.25) is 5.02 Å². The zero-order valence-corrected chi connectivity index (χ0v) is 12.4. The van der Waals surface area contributed by atoms with Crippen LogP contribution in [-0.4, -0.2) is 34.6 Å². The van der Waals surface area contributed by atoms with E-state index in [-0.39, 0.29) is 16.5 Å². The number of aromatic carboxylic acids is 1. The normalized spacial score (nSPS) is 12.1. The minimum absolute atomic E-state index is 0.0555. The number of aromatic nitrogens is 1. The Morgan fingerprint density at radius 1 is 1.40 bits per heavy atom. The predicted molar refractivity (Wildman–Crippen MR) is 77.1 cm³/mol. The molecule has 3 N–H and O–H groups in total. The number of rotatable bonds is 6. The van der Waals surface area contributed by atoms with Gasteiger partial charge in [-0.3, -0.25) is 4.79 Å². The van der Waals surface area contributed by atoms with Crippen molar-refractivity contribution in [3.63, 3.8) is 0 Å². The largest absolute Gasteiger partial charge is 0.478 e. The molecule has 0 aliphatic heterocycles. The number of amides is 1. The molecule has 0 saturated carbocycles. The zero-order chi connectivity index (χ0) is 15.3. The number of carbonyl (C=O) groups excluding carboxylic acids is 1. The molecular weight excluding hydrogens is 282 g/mol. The summed E-state index contributed by atoms with van der Waals surface area (Å²) in [5.74, 6) is -0.665. The lowest BCUT2D eigenvalue weighted by molar-refractivity contribution is -0.121. The Morgan fingerprint density at radius 3 is 2.60 bits per heavy atom. The molecule has 6 nitrogen and oxygen atoms in total. The fraction of sp³-hybridized carbons (Fsp3) is 0.462. The molecule has 1 heterocycles. The van der Waals surface area contributed by atoms with Gasteiger partial charge >= 0.3 is 5.97 Å². The molecule has 0 saturated heterocycles. The molecule has 0 fully saturated rings. The number of halogens is 1. The number of hydrogen-bond acceptors (Lipinski definition) is 4. The fourth-order valence-electron chi connectivity index (χ4n) is 1.43. The van der Waals surface area contributed by atoms with Crippen LogP contribution in [0.25, 0.3) is 0 Å². The van der Waals surface area contributed by atoms with Crippen LogP contribution in [-0.2, 0) is 4.79 Å². The molecule has 1 unspecified atom stereocenters. The summed E-state index contributed by atoms with van der Waals surface area (Å²) in [7, 11) is 0. The first-order valence-electron chi connectivity index (χ1n) is 6.24. The monoisotopic (exact) mass is 299 g/mol. The molecule has 1 rings (SSSR count). The number of carboxylic acid groups (broad SMARTS) is 1. The fourth-order valence-corrected chi connectivity index (χ4v) is 1.61. The molecule has 1 amide bonds. The van der Waals surface area contributed by atoms with Gasteiger partial charge in [0.25, 0.3) is 0 Å². The van der Waals surface area contributed by atoms with E-state index in [1.165, 1.54) is 12.3 Å². The van der Waals surface area contributed by atoms with Crippen LogP contribution in [0.4, 0.5) is 5.82 Å². The van der Waals surface area contributed by atoms with Crippen molar-refractivity contribution in [1.82, 2.24) is 10.3 Å². The van der Waals surface area contributed by atoms with Crippen molar-refractivity contribution >= 4 is 29.3 Å². The lowest BCUT2D eigenvalue weighted by Gasteiger charge is -2.16. The third-order valence-corrected chi connectivity index (χ3v) is 2.83. The van der Waals surface area contributed by atoms with E-state index in [0.29, 0.717) is 18.3 Å². The number of anilines is 1. The number of hydrogen-bond donors (Lipinski definition) is 3. The second-order valence-corrected chi connectivity index (χ2v) is 5.27. The summed E-state index contributed by atoms with van der Waals surface area (Å²) < 4.78 is 0. The summed E-state index contributed by atoms with van der Waals surface area (Å²) >= 11 is 5.72. The average molecular weight is 300 g/mol. The molecule has 0 radical (unpaired) electrons. The van der Waals surface area contributed by atoms with Gasteiger partial charge < -0.3 is 15.7 Å². The maximum Gasteiger partial charge on any atom is 0.337 e. The van der Waals surface area contributed by atoms with E-state index < -0.39 is 12.0 Å². The third kappa shape index (κ3) is 4.70. The lowest BCUT2D eigenvalue weighted by Crippen LogP contribution is -2.39. The lowest BCUT2D eigenvalue weighted by atomic mass is 10.2. The van der Waals surface area contributed by atoms with Crippen LogP contribution in [0.1, 0.15) is 31.1 Å². The van der Waals surface area contributed by atoms with Crippen molar-refractivity contribution in [1.29, 1.82) is 0 Å². The van der Waals surface area contributed by atoms with E-state index in [1.807, 2.05) is 13.8 Å². The van der Waals surface area contributed by atoms with Crippen LogP contribution < -0.4 is 10.6 Å². The van der Waals surface area contributed by atoms with Gasteiger partial charge in [-0.15, -0.1) is 0 Å². The highest BCUT2D eigenvalue weighted by molar-refractivity contribution is 6.33. The quantitative estimate of drug-likeness (QED) is 0.747. The van der Waals surface area contributed by atoms with Crippen molar-refractivity contribution in [3.8, 4) is 0 Å². The van der Waals surface area contributed by atoms with Crippen LogP contribution in [0.5, 0.6) is 0 Å². The van der Waals surface area contributed by atoms with Gasteiger partial charge in [-0.05, 0) is 18.9 Å². The molecule has 7 heteroatoms. The maximum atomic E-state index is 11.8. The maximum absolute atomic E-state index is 11.8. The van der Waals surface area contributed by atoms with Gasteiger partial charge in [0.1, 0.15) is 11.9 Å². The smallest absolute Gasteiger partial charge is 0.337 e. The average Bonchev–Trinajstić information content (AvgIpc) is 2.37. The van der Waals surface area contributed by atoms with Crippen molar-refractivity contribution in [2.75, 3.05) is 11.9 Å². The second-order valence-electron chi connectivity index (χ2n) is 4.86. The third-order valence-electron chi connectivity index (χ3n) is 2.53. The Hall–Kier alpha value is -1.82. The molecule has 1 aromatic heterocycles. The molecule has 0 bridgehead atoms. The van der Waals surface area contributed by atoms with Gasteiger partial charge in [0.05, 0.1) is 10.6 Å². The van der Waals surface area contributed by atoms with E-state index in [2.05, 4.69) is 15.6 Å². The Labute approximate surface area is 122 Å². The highest BCUT2D eigenvalue weighted by Gasteiger charge is 2.15. The SMILES string of the molecule is CC(C)CNC(=O)C(C)Nc1cc(C(=O)O)c(Cl)cn1. The van der Waals surface area contributed by atoms with E-state index in [4.69, 9.17) is 16.7 Å². The van der Waals surface area contributed by atoms with Gasteiger partial charge in [-0.1, -0.05) is 25.4 Å². The van der Waals surface area contributed by atoms with Gasteiger partial charge in [0.2, 0.25) is 5.91 Å². The molecule has 20 heavy (non-hydrogen) atoms. The molecule has 0 aliphatic carbocycles. The van der Waals surface area contributed by atoms with E-state index in [1.54, 1.807) is 6.92 Å². The number of carboxylic acids is 1. The Morgan fingerprint density at radius 2 is 2.05 bits per heavy atom. The van der Waals surface area contributed by atoms with Crippen LogP contribution in [0.3, 0.4) is 0 Å². The highest BCUT2D eigenvalue weighted by atomic mass is 35.5.